The monoisotopic (exact) mass is 241 g/mol. The van der Waals surface area contributed by atoms with Crippen LogP contribution in [0.1, 0.15) is 19.3 Å². The van der Waals surface area contributed by atoms with Gasteiger partial charge in [0.25, 0.3) is 0 Å². The first-order valence-electron chi connectivity index (χ1n) is 5.55. The molecule has 1 fully saturated rings. The first-order valence-corrected chi connectivity index (χ1v) is 5.93. The fourth-order valence-corrected chi connectivity index (χ4v) is 1.90. The van der Waals surface area contributed by atoms with Crippen LogP contribution in [0, 0.1) is 0 Å². The lowest BCUT2D eigenvalue weighted by Crippen LogP contribution is -2.25. The molecule has 1 saturated heterocycles. The second-order valence-corrected chi connectivity index (χ2v) is 4.39. The highest BCUT2D eigenvalue weighted by atomic mass is 35.5. The molecular weight excluding hydrogens is 226 g/mol. The number of rotatable bonds is 3. The first kappa shape index (κ1) is 11.6. The summed E-state index contributed by atoms with van der Waals surface area (Å²) in [4.78, 5) is 0. The topological polar surface area (TPSA) is 44.5 Å². The van der Waals surface area contributed by atoms with Crippen LogP contribution >= 0.6 is 11.6 Å². The summed E-state index contributed by atoms with van der Waals surface area (Å²) in [6, 6.07) is 5.31. The molecule has 1 atom stereocenters. The molecule has 4 heteroatoms. The molecule has 3 nitrogen and oxygen atoms in total. The summed E-state index contributed by atoms with van der Waals surface area (Å²) < 4.78 is 11.2. The Morgan fingerprint density at radius 3 is 3.00 bits per heavy atom. The number of halogens is 1. The summed E-state index contributed by atoms with van der Waals surface area (Å²) in [6.07, 6.45) is 3.66. The summed E-state index contributed by atoms with van der Waals surface area (Å²) in [6.45, 7) is 1.43. The van der Waals surface area contributed by atoms with Crippen molar-refractivity contribution < 1.29 is 9.47 Å². The molecule has 1 heterocycles. The minimum Gasteiger partial charge on any atom is -0.491 e. The Hall–Kier alpha value is -0.930. The van der Waals surface area contributed by atoms with Crippen molar-refractivity contribution in [2.45, 2.75) is 25.4 Å². The van der Waals surface area contributed by atoms with Gasteiger partial charge in [0.15, 0.2) is 0 Å². The standard InChI is InChI=1S/C12H16ClNO2/c13-11-7-9(4-5-12(11)14)16-8-10-3-1-2-6-15-10/h4-5,7,10H,1-3,6,8,14H2. The lowest BCUT2D eigenvalue weighted by Gasteiger charge is -2.22. The van der Waals surface area contributed by atoms with Crippen LogP contribution in [-0.4, -0.2) is 19.3 Å². The van der Waals surface area contributed by atoms with Crippen LogP contribution in [0.4, 0.5) is 5.69 Å². The Kier molecular flexibility index (Phi) is 3.91. The fraction of sp³-hybridized carbons (Fsp3) is 0.500. The number of benzene rings is 1. The number of hydrogen-bond donors (Lipinski definition) is 1. The molecule has 0 saturated carbocycles. The normalized spacial score (nSPS) is 20.7. The maximum atomic E-state index is 5.90. The molecule has 0 bridgehead atoms. The molecule has 1 aromatic rings. The van der Waals surface area contributed by atoms with Crippen molar-refractivity contribution in [1.29, 1.82) is 0 Å². The molecule has 0 radical (unpaired) electrons. The van der Waals surface area contributed by atoms with E-state index in [2.05, 4.69) is 0 Å². The van der Waals surface area contributed by atoms with Gasteiger partial charge in [0, 0.05) is 12.7 Å². The molecule has 0 spiro atoms. The van der Waals surface area contributed by atoms with Crippen molar-refractivity contribution in [2.75, 3.05) is 18.9 Å². The van der Waals surface area contributed by atoms with E-state index in [4.69, 9.17) is 26.8 Å². The van der Waals surface area contributed by atoms with E-state index < -0.39 is 0 Å². The number of ether oxygens (including phenoxy) is 2. The zero-order valence-corrected chi connectivity index (χ0v) is 9.87. The average molecular weight is 242 g/mol. The molecule has 0 aliphatic carbocycles. The fourth-order valence-electron chi connectivity index (χ4n) is 1.73. The van der Waals surface area contributed by atoms with Crippen molar-refractivity contribution in [1.82, 2.24) is 0 Å². The van der Waals surface area contributed by atoms with Crippen molar-refractivity contribution >= 4 is 17.3 Å². The number of hydrogen-bond acceptors (Lipinski definition) is 3. The second kappa shape index (κ2) is 5.41. The second-order valence-electron chi connectivity index (χ2n) is 3.98. The van der Waals surface area contributed by atoms with Gasteiger partial charge in [-0.1, -0.05) is 11.6 Å². The van der Waals surface area contributed by atoms with Gasteiger partial charge in [0.05, 0.1) is 16.8 Å². The van der Waals surface area contributed by atoms with Crippen LogP contribution in [-0.2, 0) is 4.74 Å². The van der Waals surface area contributed by atoms with Gasteiger partial charge in [-0.15, -0.1) is 0 Å². The van der Waals surface area contributed by atoms with Gasteiger partial charge in [-0.3, -0.25) is 0 Å². The van der Waals surface area contributed by atoms with Crippen LogP contribution in [0.2, 0.25) is 5.02 Å². The Labute approximate surface area is 100 Å². The van der Waals surface area contributed by atoms with Gasteiger partial charge in [0.1, 0.15) is 12.4 Å². The van der Waals surface area contributed by atoms with E-state index in [1.54, 1.807) is 12.1 Å². The van der Waals surface area contributed by atoms with E-state index in [1.807, 2.05) is 6.07 Å². The molecule has 1 aromatic carbocycles. The van der Waals surface area contributed by atoms with Gasteiger partial charge in [-0.2, -0.15) is 0 Å². The Morgan fingerprint density at radius 2 is 2.31 bits per heavy atom. The van der Waals surface area contributed by atoms with E-state index in [1.165, 1.54) is 6.42 Å². The Morgan fingerprint density at radius 1 is 1.44 bits per heavy atom. The van der Waals surface area contributed by atoms with Gasteiger partial charge >= 0.3 is 0 Å². The Bertz CT molecular complexity index is 351. The smallest absolute Gasteiger partial charge is 0.121 e. The van der Waals surface area contributed by atoms with Gasteiger partial charge in [-0.25, -0.2) is 0 Å². The quantitative estimate of drug-likeness (QED) is 0.828. The maximum Gasteiger partial charge on any atom is 0.121 e. The van der Waals surface area contributed by atoms with E-state index in [9.17, 15) is 0 Å². The minimum atomic E-state index is 0.213. The lowest BCUT2D eigenvalue weighted by molar-refractivity contribution is -0.0110. The third-order valence-electron chi connectivity index (χ3n) is 2.68. The zero-order valence-electron chi connectivity index (χ0n) is 9.12. The molecule has 16 heavy (non-hydrogen) atoms. The summed E-state index contributed by atoms with van der Waals surface area (Å²) >= 11 is 5.90. The van der Waals surface area contributed by atoms with E-state index >= 15 is 0 Å². The molecule has 1 aliphatic rings. The lowest BCUT2D eigenvalue weighted by atomic mass is 10.1. The number of nitrogens with two attached hydrogens (primary N) is 1. The highest BCUT2D eigenvalue weighted by molar-refractivity contribution is 6.33. The van der Waals surface area contributed by atoms with E-state index in [0.717, 1.165) is 25.2 Å². The molecule has 1 aliphatic heterocycles. The largest absolute Gasteiger partial charge is 0.491 e. The van der Waals surface area contributed by atoms with Crippen LogP contribution in [0.3, 0.4) is 0 Å². The SMILES string of the molecule is Nc1ccc(OCC2CCCCO2)cc1Cl. The highest BCUT2D eigenvalue weighted by Crippen LogP contribution is 2.24. The number of anilines is 1. The number of nitrogen functional groups attached to an aromatic ring is 1. The molecule has 1 unspecified atom stereocenters. The summed E-state index contributed by atoms with van der Waals surface area (Å²) in [5, 5.41) is 0.530. The molecule has 2 rings (SSSR count). The predicted molar refractivity (Wildman–Crippen MR) is 65.0 cm³/mol. The van der Waals surface area contributed by atoms with Crippen LogP contribution < -0.4 is 10.5 Å². The van der Waals surface area contributed by atoms with Crippen LogP contribution in [0.15, 0.2) is 18.2 Å². The first-order chi connectivity index (χ1) is 7.75. The van der Waals surface area contributed by atoms with Crippen LogP contribution in [0.25, 0.3) is 0 Å². The van der Waals surface area contributed by atoms with E-state index in [-0.39, 0.29) is 6.10 Å². The minimum absolute atomic E-state index is 0.213. The van der Waals surface area contributed by atoms with E-state index in [0.29, 0.717) is 17.3 Å². The molecule has 0 amide bonds. The predicted octanol–water partition coefficient (Wildman–Crippen LogP) is 2.87. The highest BCUT2D eigenvalue weighted by Gasteiger charge is 2.14. The van der Waals surface area contributed by atoms with Gasteiger partial charge in [-0.05, 0) is 31.4 Å². The van der Waals surface area contributed by atoms with Crippen molar-refractivity contribution in [3.8, 4) is 5.75 Å². The van der Waals surface area contributed by atoms with Crippen molar-refractivity contribution in [3.63, 3.8) is 0 Å². The maximum absolute atomic E-state index is 5.90. The summed E-state index contributed by atoms with van der Waals surface area (Å²) in [5.74, 6) is 0.744. The average Bonchev–Trinajstić information content (AvgIpc) is 2.32. The van der Waals surface area contributed by atoms with Crippen molar-refractivity contribution in [3.05, 3.63) is 23.2 Å². The third-order valence-corrected chi connectivity index (χ3v) is 3.01. The van der Waals surface area contributed by atoms with Crippen molar-refractivity contribution in [2.24, 2.45) is 0 Å². The van der Waals surface area contributed by atoms with Gasteiger partial charge < -0.3 is 15.2 Å². The summed E-state index contributed by atoms with van der Waals surface area (Å²) in [7, 11) is 0. The Balaban J connectivity index is 1.86. The summed E-state index contributed by atoms with van der Waals surface area (Å²) in [5.41, 5.74) is 6.19. The molecule has 2 N–H and O–H groups in total. The zero-order chi connectivity index (χ0) is 11.4. The van der Waals surface area contributed by atoms with Crippen LogP contribution in [0.5, 0.6) is 5.75 Å². The molecular formula is C12H16ClNO2. The van der Waals surface area contributed by atoms with Gasteiger partial charge in [0.2, 0.25) is 0 Å². The molecule has 0 aromatic heterocycles. The molecule has 88 valence electrons. The third kappa shape index (κ3) is 3.03.